The van der Waals surface area contributed by atoms with E-state index in [0.717, 1.165) is 0 Å². The van der Waals surface area contributed by atoms with Crippen molar-refractivity contribution in [2.45, 2.75) is 23.1 Å². The second-order valence-corrected chi connectivity index (χ2v) is 4.59. The van der Waals surface area contributed by atoms with Crippen molar-refractivity contribution in [2.24, 2.45) is 0 Å². The summed E-state index contributed by atoms with van der Waals surface area (Å²) in [6.07, 6.45) is -0.0858. The van der Waals surface area contributed by atoms with E-state index in [4.69, 9.17) is 0 Å². The van der Waals surface area contributed by atoms with Gasteiger partial charge >= 0.3 is 23.1 Å². The van der Waals surface area contributed by atoms with Crippen LogP contribution in [0, 0.1) is 4.77 Å². The van der Waals surface area contributed by atoms with Gasteiger partial charge in [-0.05, 0) is 23.8 Å². The zero-order valence-corrected chi connectivity index (χ0v) is 10.9. The topological polar surface area (TPSA) is 48.6 Å². The molecule has 0 fully saturated rings. The molecule has 2 N–H and O–H groups in total. The SMILES string of the molecule is O=c1[nH]c(=S)[nH]cc1C(F)(F)C(F)(F)C(F)(F)C(F)(F)Cl. The summed E-state index contributed by atoms with van der Waals surface area (Å²) in [7, 11) is 0. The quantitative estimate of drug-likeness (QED) is 0.488. The van der Waals surface area contributed by atoms with Crippen LogP contribution >= 0.6 is 23.8 Å². The minimum absolute atomic E-state index is 0.0858. The predicted molar refractivity (Wildman–Crippen MR) is 56.8 cm³/mol. The summed E-state index contributed by atoms with van der Waals surface area (Å²) >= 11 is 8.04. The molecule has 0 saturated carbocycles. The molecule has 1 heterocycles. The van der Waals surface area contributed by atoms with Crippen molar-refractivity contribution >= 4 is 23.8 Å². The Morgan fingerprint density at radius 1 is 1.00 bits per heavy atom. The van der Waals surface area contributed by atoms with Crippen LogP contribution in [-0.4, -0.2) is 27.2 Å². The second-order valence-electron chi connectivity index (χ2n) is 3.71. The van der Waals surface area contributed by atoms with Crippen LogP contribution in [0.15, 0.2) is 11.0 Å². The molecule has 0 bridgehead atoms. The highest BCUT2D eigenvalue weighted by atomic mass is 35.5. The van der Waals surface area contributed by atoms with Crippen LogP contribution < -0.4 is 5.56 Å². The van der Waals surface area contributed by atoms with E-state index in [1.54, 1.807) is 4.98 Å². The van der Waals surface area contributed by atoms with Gasteiger partial charge in [-0.25, -0.2) is 0 Å². The first-order valence-electron chi connectivity index (χ1n) is 4.69. The fourth-order valence-electron chi connectivity index (χ4n) is 1.19. The number of alkyl halides is 9. The molecule has 1 aromatic heterocycles. The van der Waals surface area contributed by atoms with Crippen LogP contribution in [0.25, 0.3) is 0 Å². The van der Waals surface area contributed by atoms with E-state index < -0.39 is 39.0 Å². The lowest BCUT2D eigenvalue weighted by Gasteiger charge is -2.34. The van der Waals surface area contributed by atoms with Crippen molar-refractivity contribution in [3.63, 3.8) is 0 Å². The van der Waals surface area contributed by atoms with Gasteiger partial charge in [-0.1, -0.05) is 0 Å². The van der Waals surface area contributed by atoms with Gasteiger partial charge in [0.25, 0.3) is 5.56 Å². The lowest BCUT2D eigenvalue weighted by molar-refractivity contribution is -0.353. The largest absolute Gasteiger partial charge is 0.393 e. The van der Waals surface area contributed by atoms with Crippen LogP contribution in [0.2, 0.25) is 0 Å². The smallest absolute Gasteiger partial charge is 0.338 e. The first kappa shape index (κ1) is 17.9. The molecule has 0 saturated heterocycles. The van der Waals surface area contributed by atoms with Crippen LogP contribution in [0.1, 0.15) is 5.56 Å². The Labute approximate surface area is 119 Å². The summed E-state index contributed by atoms with van der Waals surface area (Å²) in [6.45, 7) is 0. The summed E-state index contributed by atoms with van der Waals surface area (Å²) in [4.78, 5) is 14.2. The molecule has 21 heavy (non-hydrogen) atoms. The summed E-state index contributed by atoms with van der Waals surface area (Å²) in [5, 5.41) is -5.98. The van der Waals surface area contributed by atoms with E-state index in [0.29, 0.717) is 0 Å². The Balaban J connectivity index is 3.54. The highest BCUT2D eigenvalue weighted by molar-refractivity contribution is 7.71. The zero-order valence-electron chi connectivity index (χ0n) is 9.30. The molecule has 0 atom stereocenters. The Morgan fingerprint density at radius 2 is 1.48 bits per heavy atom. The third-order valence-corrected chi connectivity index (χ3v) is 2.76. The van der Waals surface area contributed by atoms with E-state index in [2.05, 4.69) is 23.8 Å². The third kappa shape index (κ3) is 2.65. The van der Waals surface area contributed by atoms with Crippen molar-refractivity contribution in [1.29, 1.82) is 0 Å². The fourth-order valence-corrected chi connectivity index (χ4v) is 1.46. The molecule has 1 aromatic rings. The normalized spacial score (nSPS) is 14.3. The van der Waals surface area contributed by atoms with Crippen LogP contribution in [0.3, 0.4) is 0 Å². The Kier molecular flexibility index (Phi) is 4.20. The molecule has 0 radical (unpaired) electrons. The molecule has 1 rings (SSSR count). The Hall–Kier alpha value is -1.17. The lowest BCUT2D eigenvalue weighted by Crippen LogP contribution is -2.60. The molecule has 0 aliphatic heterocycles. The lowest BCUT2D eigenvalue weighted by atomic mass is 9.99. The maximum absolute atomic E-state index is 13.5. The molecule has 0 aliphatic rings. The molecule has 0 aliphatic carbocycles. The number of hydrogen-bond acceptors (Lipinski definition) is 2. The minimum Gasteiger partial charge on any atom is -0.338 e. The number of nitrogens with one attached hydrogen (secondary N) is 2. The summed E-state index contributed by atoms with van der Waals surface area (Å²) < 4.78 is 103. The maximum Gasteiger partial charge on any atom is 0.393 e. The first-order chi connectivity index (χ1) is 9.16. The molecule has 3 nitrogen and oxygen atoms in total. The van der Waals surface area contributed by atoms with Gasteiger partial charge in [0, 0.05) is 6.20 Å². The van der Waals surface area contributed by atoms with E-state index in [9.17, 15) is 39.9 Å². The van der Waals surface area contributed by atoms with Crippen LogP contribution in [0.4, 0.5) is 35.1 Å². The molecule has 0 spiro atoms. The second kappa shape index (κ2) is 4.93. The van der Waals surface area contributed by atoms with Gasteiger partial charge in [-0.3, -0.25) is 9.78 Å². The van der Waals surface area contributed by atoms with E-state index >= 15 is 0 Å². The third-order valence-electron chi connectivity index (χ3n) is 2.30. The van der Waals surface area contributed by atoms with E-state index in [-0.39, 0.29) is 6.20 Å². The summed E-state index contributed by atoms with van der Waals surface area (Å²) in [6, 6.07) is 0. The van der Waals surface area contributed by atoms with Gasteiger partial charge in [0.2, 0.25) is 0 Å². The van der Waals surface area contributed by atoms with Gasteiger partial charge in [0.05, 0.1) is 0 Å². The minimum atomic E-state index is -6.66. The van der Waals surface area contributed by atoms with Gasteiger partial charge in [0.15, 0.2) is 4.77 Å². The first-order valence-corrected chi connectivity index (χ1v) is 5.47. The van der Waals surface area contributed by atoms with Crippen LogP contribution in [-0.2, 0) is 5.92 Å². The fraction of sp³-hybridized carbons (Fsp3) is 0.500. The Morgan fingerprint density at radius 3 is 1.86 bits per heavy atom. The number of hydrogen-bond donors (Lipinski definition) is 2. The highest BCUT2D eigenvalue weighted by Gasteiger charge is 2.81. The molecule has 13 heteroatoms. The Bertz CT molecular complexity index is 649. The molecular formula is C8H3ClF8N2OS. The zero-order chi connectivity index (χ0) is 16.9. The van der Waals surface area contributed by atoms with Crippen molar-refractivity contribution in [2.75, 3.05) is 0 Å². The predicted octanol–water partition coefficient (Wildman–Crippen LogP) is 3.63. The number of rotatable bonds is 4. The molecule has 0 aromatic carbocycles. The number of halogens is 9. The van der Waals surface area contributed by atoms with Gasteiger partial charge in [-0.2, -0.15) is 35.1 Å². The molecule has 0 unspecified atom stereocenters. The van der Waals surface area contributed by atoms with Crippen molar-refractivity contribution in [3.05, 3.63) is 26.9 Å². The monoisotopic (exact) mass is 362 g/mol. The number of aromatic nitrogens is 2. The van der Waals surface area contributed by atoms with Crippen LogP contribution in [0.5, 0.6) is 0 Å². The maximum atomic E-state index is 13.5. The van der Waals surface area contributed by atoms with Gasteiger partial charge in [-0.15, -0.1) is 0 Å². The average molecular weight is 363 g/mol. The van der Waals surface area contributed by atoms with Gasteiger partial charge < -0.3 is 4.98 Å². The molecule has 0 amide bonds. The van der Waals surface area contributed by atoms with Gasteiger partial charge in [0.1, 0.15) is 5.56 Å². The van der Waals surface area contributed by atoms with E-state index in [1.807, 2.05) is 0 Å². The van der Waals surface area contributed by atoms with Crippen molar-refractivity contribution < 1.29 is 35.1 Å². The van der Waals surface area contributed by atoms with Crippen molar-refractivity contribution in [1.82, 2.24) is 9.97 Å². The standard InChI is InChI=1S/C8H3ClF8N2OS/c9-8(16,17)7(14,15)6(12,13)5(10,11)2-1-18-4(21)19-3(2)20/h1H,(H2,18,19,20,21). The number of H-pyrrole nitrogens is 2. The number of aromatic amines is 2. The molecule has 120 valence electrons. The van der Waals surface area contributed by atoms with E-state index in [1.165, 1.54) is 4.98 Å². The summed E-state index contributed by atoms with van der Waals surface area (Å²) in [5.41, 5.74) is -4.15. The molecular weight excluding hydrogens is 360 g/mol. The average Bonchev–Trinajstić information content (AvgIpc) is 2.26. The van der Waals surface area contributed by atoms with Crippen molar-refractivity contribution in [3.8, 4) is 0 Å². The highest BCUT2D eigenvalue weighted by Crippen LogP contribution is 2.56. The summed E-state index contributed by atoms with van der Waals surface area (Å²) in [5.74, 6) is -19.2.